The van der Waals surface area contributed by atoms with Crippen LogP contribution in [0.15, 0.2) is 57.8 Å². The van der Waals surface area contributed by atoms with E-state index in [1.54, 1.807) is 12.1 Å². The molecular formula is C28H28Cl2F3N3O5S2. The maximum absolute atomic E-state index is 13.0. The second kappa shape index (κ2) is 12.3. The normalized spacial score (nSPS) is 12.7. The minimum Gasteiger partial charge on any atom is -0.456 e. The van der Waals surface area contributed by atoms with Crippen LogP contribution in [0, 0.1) is 0 Å². The lowest BCUT2D eigenvalue weighted by Crippen LogP contribution is -2.29. The van der Waals surface area contributed by atoms with Crippen molar-refractivity contribution in [2.75, 3.05) is 31.1 Å². The first-order valence-electron chi connectivity index (χ1n) is 13.2. The molecule has 43 heavy (non-hydrogen) atoms. The fourth-order valence-corrected chi connectivity index (χ4v) is 7.99. The molecule has 2 aliphatic rings. The molecule has 0 aromatic heterocycles. The third kappa shape index (κ3) is 6.23. The van der Waals surface area contributed by atoms with Gasteiger partial charge < -0.3 is 13.4 Å². The topological polar surface area (TPSA) is 102 Å². The van der Waals surface area contributed by atoms with Gasteiger partial charge in [0, 0.05) is 53.0 Å². The predicted molar refractivity (Wildman–Crippen MR) is 164 cm³/mol. The van der Waals surface area contributed by atoms with Crippen LogP contribution in [0.1, 0.15) is 27.7 Å². The van der Waals surface area contributed by atoms with E-state index in [4.69, 9.17) is 27.6 Å². The lowest BCUT2D eigenvalue weighted by Gasteiger charge is -2.25. The number of nitrogens with zero attached hydrogens (tertiary/aromatic N) is 3. The zero-order valence-corrected chi connectivity index (χ0v) is 26.7. The molecule has 2 aromatic rings. The smallest absolute Gasteiger partial charge is 0.456 e. The average Bonchev–Trinajstić information content (AvgIpc) is 2.92. The summed E-state index contributed by atoms with van der Waals surface area (Å²) in [7, 11) is -11.8. The second-order valence-corrected chi connectivity index (χ2v) is 13.6. The Bertz CT molecular complexity index is 1950. The van der Waals surface area contributed by atoms with Crippen molar-refractivity contribution in [2.45, 2.75) is 38.1 Å². The molecule has 0 N–H and O–H groups in total. The lowest BCUT2D eigenvalue weighted by molar-refractivity contribution is -0.0425. The van der Waals surface area contributed by atoms with Gasteiger partial charge in [-0.05, 0) is 58.0 Å². The predicted octanol–water partition coefficient (Wildman–Crippen LogP) is 7.08. The Morgan fingerprint density at radius 2 is 1.53 bits per heavy atom. The monoisotopic (exact) mass is 677 g/mol. The van der Waals surface area contributed by atoms with Crippen LogP contribution in [0.3, 0.4) is 0 Å². The SMILES string of the molecule is CCN(CC)c1ccc2c(-c3c(Cl)ccc(S(=O)(=O)[N-]S(=O)(=O)C(F)(F)F)c3Cl)c3ccc(=[N+](CC)CC)cc-3oc2c1. The van der Waals surface area contributed by atoms with Crippen LogP contribution in [0.25, 0.3) is 37.5 Å². The highest BCUT2D eigenvalue weighted by Gasteiger charge is 2.41. The summed E-state index contributed by atoms with van der Waals surface area (Å²) in [5.41, 5.74) is -3.87. The first-order chi connectivity index (χ1) is 20.1. The van der Waals surface area contributed by atoms with Gasteiger partial charge in [-0.1, -0.05) is 23.2 Å². The largest absolute Gasteiger partial charge is 0.480 e. The highest BCUT2D eigenvalue weighted by atomic mass is 35.5. The van der Waals surface area contributed by atoms with Gasteiger partial charge in [-0.3, -0.25) is 0 Å². The molecule has 0 spiro atoms. The molecule has 232 valence electrons. The molecule has 0 saturated carbocycles. The van der Waals surface area contributed by atoms with Crippen molar-refractivity contribution in [2.24, 2.45) is 0 Å². The van der Waals surface area contributed by atoms with Crippen LogP contribution in [-0.2, 0) is 20.0 Å². The van der Waals surface area contributed by atoms with Crippen molar-refractivity contribution in [3.05, 3.63) is 68.1 Å². The Hall–Kier alpha value is -2.84. The molecule has 15 heteroatoms. The molecule has 0 bridgehead atoms. The lowest BCUT2D eigenvalue weighted by atomic mass is 9.93. The zero-order valence-electron chi connectivity index (χ0n) is 23.5. The Balaban J connectivity index is 2.11. The van der Waals surface area contributed by atoms with Crippen LogP contribution < -0.4 is 14.8 Å². The number of hydrogen-bond donors (Lipinski definition) is 0. The number of fused-ring (bicyclic) bond motifs is 2. The number of sulfonamides is 2. The zero-order chi connectivity index (χ0) is 31.9. The number of halogens is 5. The van der Waals surface area contributed by atoms with E-state index in [0.717, 1.165) is 49.4 Å². The molecule has 8 nitrogen and oxygen atoms in total. The van der Waals surface area contributed by atoms with Crippen molar-refractivity contribution < 1.29 is 34.4 Å². The number of hydrogen-bond acceptors (Lipinski definition) is 6. The summed E-state index contributed by atoms with van der Waals surface area (Å²) in [6.07, 6.45) is 0. The van der Waals surface area contributed by atoms with Gasteiger partial charge in [0.1, 0.15) is 34.5 Å². The summed E-state index contributed by atoms with van der Waals surface area (Å²) in [4.78, 5) is 1.14. The molecule has 1 aliphatic heterocycles. The Kier molecular flexibility index (Phi) is 9.44. The molecule has 0 fully saturated rings. The van der Waals surface area contributed by atoms with E-state index in [1.165, 1.54) is 0 Å². The van der Waals surface area contributed by atoms with Gasteiger partial charge in [-0.15, -0.1) is 0 Å². The van der Waals surface area contributed by atoms with Crippen LogP contribution in [0.5, 0.6) is 0 Å². The maximum Gasteiger partial charge on any atom is 0.480 e. The molecule has 0 radical (unpaired) electrons. The van der Waals surface area contributed by atoms with E-state index in [2.05, 4.69) is 13.6 Å². The molecule has 0 amide bonds. The van der Waals surface area contributed by atoms with Gasteiger partial charge in [-0.25, -0.2) is 21.4 Å². The molecule has 0 saturated heterocycles. The Labute approximate surface area is 257 Å². The molecule has 0 unspecified atom stereocenters. The summed E-state index contributed by atoms with van der Waals surface area (Å²) >= 11 is 13.2. The van der Waals surface area contributed by atoms with E-state index in [1.807, 2.05) is 52.0 Å². The fraction of sp³-hybridized carbons (Fsp3) is 0.321. The summed E-state index contributed by atoms with van der Waals surface area (Å²) in [6.45, 7) is 10.9. The average molecular weight is 679 g/mol. The Morgan fingerprint density at radius 3 is 2.12 bits per heavy atom. The first-order valence-corrected chi connectivity index (χ1v) is 16.9. The molecule has 1 heterocycles. The summed E-state index contributed by atoms with van der Waals surface area (Å²) in [5, 5.41) is 0.716. The molecule has 0 atom stereocenters. The van der Waals surface area contributed by atoms with E-state index in [-0.39, 0.29) is 10.6 Å². The van der Waals surface area contributed by atoms with Gasteiger partial charge in [0.2, 0.25) is 5.36 Å². The van der Waals surface area contributed by atoms with Crippen LogP contribution in [-0.4, -0.2) is 48.5 Å². The molecular weight excluding hydrogens is 650 g/mol. The highest BCUT2D eigenvalue weighted by molar-refractivity contribution is 8.12. The quantitative estimate of drug-likeness (QED) is 0.139. The summed E-state index contributed by atoms with van der Waals surface area (Å²) in [5.74, 6) is 0.410. The van der Waals surface area contributed by atoms with Gasteiger partial charge in [0.15, 0.2) is 10.0 Å². The third-order valence-electron chi connectivity index (χ3n) is 7.02. The molecule has 1 aliphatic carbocycles. The van der Waals surface area contributed by atoms with Gasteiger partial charge in [0.25, 0.3) is 0 Å². The Morgan fingerprint density at radius 1 is 0.884 bits per heavy atom. The summed E-state index contributed by atoms with van der Waals surface area (Å²) in [6, 6.07) is 12.8. The van der Waals surface area contributed by atoms with Crippen LogP contribution in [0.2, 0.25) is 10.0 Å². The number of anilines is 1. The third-order valence-corrected chi connectivity index (χ3v) is 10.9. The second-order valence-electron chi connectivity index (χ2n) is 9.39. The van der Waals surface area contributed by atoms with Crippen molar-refractivity contribution in [1.29, 1.82) is 0 Å². The molecule has 2 aromatic carbocycles. The van der Waals surface area contributed by atoms with Gasteiger partial charge in [-0.2, -0.15) is 13.2 Å². The molecule has 4 rings (SSSR count). The van der Waals surface area contributed by atoms with Crippen LogP contribution in [0.4, 0.5) is 18.9 Å². The minimum atomic E-state index is -6.39. The standard InChI is InChI=1S/C28H28Cl2F3N3O5S2/c1-5-35(6-2)17-9-11-19-22(15-17)41-23-16-18(36(7-3)8-4)10-12-20(23)25(19)26-21(29)13-14-24(27(26)30)42(37,38)34-43(39,40)28(31,32)33/h9-16H,5-8H2,1-4H3. The van der Waals surface area contributed by atoms with Crippen molar-refractivity contribution >= 4 is 59.9 Å². The number of rotatable bonds is 9. The number of alkyl halides is 3. The van der Waals surface area contributed by atoms with Crippen LogP contribution >= 0.6 is 23.2 Å². The summed E-state index contributed by atoms with van der Waals surface area (Å²) < 4.78 is 98.7. The van der Waals surface area contributed by atoms with E-state index in [9.17, 15) is 30.0 Å². The van der Waals surface area contributed by atoms with E-state index < -0.39 is 35.5 Å². The van der Waals surface area contributed by atoms with E-state index in [0.29, 0.717) is 27.9 Å². The van der Waals surface area contributed by atoms with Crippen molar-refractivity contribution in [3.63, 3.8) is 0 Å². The maximum atomic E-state index is 13.0. The van der Waals surface area contributed by atoms with Gasteiger partial charge in [0.05, 0.1) is 21.0 Å². The first kappa shape index (κ1) is 33.1. The minimum absolute atomic E-state index is 0.0305. The van der Waals surface area contributed by atoms with Crippen molar-refractivity contribution in [1.82, 2.24) is 4.58 Å². The van der Waals surface area contributed by atoms with Gasteiger partial charge >= 0.3 is 5.51 Å². The fourth-order valence-electron chi connectivity index (χ4n) is 4.88. The van der Waals surface area contributed by atoms with Crippen molar-refractivity contribution in [3.8, 4) is 22.5 Å². The highest BCUT2D eigenvalue weighted by Crippen LogP contribution is 2.48. The number of benzene rings is 3. The van der Waals surface area contributed by atoms with E-state index >= 15 is 0 Å².